The Kier molecular flexibility index (Phi) is 7.68. The Bertz CT molecular complexity index is 697. The number of rotatable bonds is 8. The van der Waals surface area contributed by atoms with Crippen LogP contribution in [0.4, 0.5) is 0 Å². The number of carbonyl (C=O) groups excluding carboxylic acids is 2. The van der Waals surface area contributed by atoms with Crippen LogP contribution in [0.25, 0.3) is 0 Å². The summed E-state index contributed by atoms with van der Waals surface area (Å²) in [7, 11) is 3.14. The molecule has 9 heteroatoms. The van der Waals surface area contributed by atoms with Gasteiger partial charge in [0, 0.05) is 60.0 Å². The third-order valence-corrected chi connectivity index (χ3v) is 5.10. The van der Waals surface area contributed by atoms with Gasteiger partial charge < -0.3 is 28.7 Å². The molecule has 1 aromatic carbocycles. The molecule has 0 N–H and O–H groups in total. The Morgan fingerprint density at radius 3 is 2.31 bits per heavy atom. The second-order valence-corrected chi connectivity index (χ2v) is 7.03. The van der Waals surface area contributed by atoms with Gasteiger partial charge in [0.05, 0.1) is 13.2 Å². The highest BCUT2D eigenvalue weighted by molar-refractivity contribution is 6.34. The topological polar surface area (TPSA) is 80.8 Å². The number of hydrogen-bond donors (Lipinski definition) is 0. The first kappa shape index (κ1) is 21.4. The minimum atomic E-state index is -0.497. The summed E-state index contributed by atoms with van der Waals surface area (Å²) in [4.78, 5) is 30.7. The lowest BCUT2D eigenvalue weighted by molar-refractivity contribution is -0.153. The molecule has 0 atom stereocenters. The lowest BCUT2D eigenvalue weighted by Gasteiger charge is -2.35. The van der Waals surface area contributed by atoms with Gasteiger partial charge in [-0.05, 0) is 17.7 Å². The Hall–Kier alpha value is -2.36. The van der Waals surface area contributed by atoms with Crippen LogP contribution in [0.1, 0.15) is 5.56 Å². The number of methoxy groups -OCH3 is 2. The van der Waals surface area contributed by atoms with Gasteiger partial charge in [0.25, 0.3) is 0 Å². The molecule has 0 saturated carbocycles. The van der Waals surface area contributed by atoms with Crippen molar-refractivity contribution in [2.24, 2.45) is 0 Å². The maximum Gasteiger partial charge on any atom is 0.312 e. The predicted octanol–water partition coefficient (Wildman–Crippen LogP) is 0.181. The van der Waals surface area contributed by atoms with E-state index in [0.717, 1.165) is 23.6 Å². The highest BCUT2D eigenvalue weighted by Gasteiger charge is 2.29. The molecule has 160 valence electrons. The number of benzene rings is 1. The van der Waals surface area contributed by atoms with Gasteiger partial charge in [0.1, 0.15) is 0 Å². The van der Waals surface area contributed by atoms with E-state index in [1.807, 2.05) is 18.2 Å². The Balaban J connectivity index is 1.49. The van der Waals surface area contributed by atoms with Gasteiger partial charge in [-0.3, -0.25) is 14.5 Å². The summed E-state index contributed by atoms with van der Waals surface area (Å²) in [6.45, 7) is 5.00. The van der Waals surface area contributed by atoms with E-state index in [1.165, 1.54) is 4.90 Å². The van der Waals surface area contributed by atoms with E-state index in [0.29, 0.717) is 52.5 Å². The average Bonchev–Trinajstić information content (AvgIpc) is 3.21. The van der Waals surface area contributed by atoms with Gasteiger partial charge in [-0.1, -0.05) is 6.07 Å². The van der Waals surface area contributed by atoms with Crippen LogP contribution in [0, 0.1) is 0 Å². The number of carbonyl (C=O) groups is 2. The molecule has 3 rings (SSSR count). The fourth-order valence-corrected chi connectivity index (χ4v) is 3.39. The summed E-state index contributed by atoms with van der Waals surface area (Å²) in [5.74, 6) is 0.589. The van der Waals surface area contributed by atoms with Crippen LogP contribution in [0.5, 0.6) is 11.5 Å². The Morgan fingerprint density at radius 1 is 1.00 bits per heavy atom. The van der Waals surface area contributed by atoms with Crippen LogP contribution in [0.2, 0.25) is 0 Å². The molecule has 1 aromatic rings. The van der Waals surface area contributed by atoms with Crippen molar-refractivity contribution in [3.63, 3.8) is 0 Å². The minimum absolute atomic E-state index is 0.263. The SMILES string of the molecule is COCCN(CCOC)C(=O)C(=O)N1CCN(Cc2ccc3c(c2)OCO3)CC1. The molecule has 29 heavy (non-hydrogen) atoms. The van der Waals surface area contributed by atoms with Gasteiger partial charge in [-0.2, -0.15) is 0 Å². The number of fused-ring (bicyclic) bond motifs is 1. The first-order valence-corrected chi connectivity index (χ1v) is 9.79. The molecular weight excluding hydrogens is 378 g/mol. The summed E-state index contributed by atoms with van der Waals surface area (Å²) >= 11 is 0. The van der Waals surface area contributed by atoms with Crippen LogP contribution < -0.4 is 9.47 Å². The van der Waals surface area contributed by atoms with Crippen LogP contribution in [0.15, 0.2) is 18.2 Å². The fourth-order valence-electron chi connectivity index (χ4n) is 3.39. The quantitative estimate of drug-likeness (QED) is 0.569. The maximum absolute atomic E-state index is 12.7. The highest BCUT2D eigenvalue weighted by Crippen LogP contribution is 2.32. The predicted molar refractivity (Wildman–Crippen MR) is 105 cm³/mol. The fraction of sp³-hybridized carbons (Fsp3) is 0.600. The van der Waals surface area contributed by atoms with E-state index in [9.17, 15) is 9.59 Å². The first-order chi connectivity index (χ1) is 14.1. The lowest BCUT2D eigenvalue weighted by Crippen LogP contribution is -2.53. The van der Waals surface area contributed by atoms with E-state index in [-0.39, 0.29) is 6.79 Å². The van der Waals surface area contributed by atoms with Crippen molar-refractivity contribution >= 4 is 11.8 Å². The molecular formula is C20H29N3O6. The maximum atomic E-state index is 12.7. The zero-order chi connectivity index (χ0) is 20.6. The van der Waals surface area contributed by atoms with Gasteiger partial charge in [-0.15, -0.1) is 0 Å². The van der Waals surface area contributed by atoms with Crippen molar-refractivity contribution in [3.8, 4) is 11.5 Å². The first-order valence-electron chi connectivity index (χ1n) is 9.79. The monoisotopic (exact) mass is 407 g/mol. The summed E-state index contributed by atoms with van der Waals surface area (Å²) in [5, 5.41) is 0. The van der Waals surface area contributed by atoms with Crippen molar-refractivity contribution in [1.29, 1.82) is 0 Å². The van der Waals surface area contributed by atoms with Crippen molar-refractivity contribution < 1.29 is 28.5 Å². The normalized spacial score (nSPS) is 16.1. The molecule has 2 amide bonds. The van der Waals surface area contributed by atoms with Gasteiger partial charge in [0.2, 0.25) is 6.79 Å². The summed E-state index contributed by atoms with van der Waals surface area (Å²) in [5.41, 5.74) is 1.13. The molecule has 2 heterocycles. The lowest BCUT2D eigenvalue weighted by atomic mass is 10.1. The molecule has 2 aliphatic heterocycles. The Labute approximate surface area is 171 Å². The molecule has 0 aromatic heterocycles. The molecule has 0 spiro atoms. The summed E-state index contributed by atoms with van der Waals surface area (Å²) in [6, 6.07) is 5.94. The number of nitrogens with zero attached hydrogens (tertiary/aromatic N) is 3. The average molecular weight is 407 g/mol. The van der Waals surface area contributed by atoms with Crippen LogP contribution >= 0.6 is 0 Å². The molecule has 0 radical (unpaired) electrons. The molecule has 2 aliphatic rings. The van der Waals surface area contributed by atoms with E-state index < -0.39 is 11.8 Å². The second-order valence-electron chi connectivity index (χ2n) is 7.03. The van der Waals surface area contributed by atoms with E-state index in [4.69, 9.17) is 18.9 Å². The van der Waals surface area contributed by atoms with Crippen LogP contribution in [-0.4, -0.2) is 100 Å². The molecule has 1 fully saturated rings. The van der Waals surface area contributed by atoms with Crippen molar-refractivity contribution in [2.75, 3.05) is 73.5 Å². The van der Waals surface area contributed by atoms with E-state index >= 15 is 0 Å². The minimum Gasteiger partial charge on any atom is -0.454 e. The van der Waals surface area contributed by atoms with Crippen molar-refractivity contribution in [2.45, 2.75) is 6.54 Å². The molecule has 9 nitrogen and oxygen atoms in total. The Morgan fingerprint density at radius 2 is 1.66 bits per heavy atom. The second kappa shape index (κ2) is 10.4. The molecule has 1 saturated heterocycles. The highest BCUT2D eigenvalue weighted by atomic mass is 16.7. The van der Waals surface area contributed by atoms with Gasteiger partial charge >= 0.3 is 11.8 Å². The van der Waals surface area contributed by atoms with Gasteiger partial charge in [0.15, 0.2) is 11.5 Å². The molecule has 0 bridgehead atoms. The molecule has 0 unspecified atom stereocenters. The number of ether oxygens (including phenoxy) is 4. The zero-order valence-electron chi connectivity index (χ0n) is 17.1. The number of hydrogen-bond acceptors (Lipinski definition) is 7. The largest absolute Gasteiger partial charge is 0.454 e. The third kappa shape index (κ3) is 5.59. The molecule has 0 aliphatic carbocycles. The van der Waals surface area contributed by atoms with E-state index in [1.54, 1.807) is 19.1 Å². The summed E-state index contributed by atoms with van der Waals surface area (Å²) < 4.78 is 20.9. The van der Waals surface area contributed by atoms with Crippen molar-refractivity contribution in [3.05, 3.63) is 23.8 Å². The van der Waals surface area contributed by atoms with Crippen LogP contribution in [0.3, 0.4) is 0 Å². The zero-order valence-corrected chi connectivity index (χ0v) is 17.1. The standard InChI is InChI=1S/C20H29N3O6/c1-26-11-9-23(10-12-27-2)20(25)19(24)22-7-5-21(6-8-22)14-16-3-4-17-18(13-16)29-15-28-17/h3-4,13H,5-12,14-15H2,1-2H3. The number of amides is 2. The third-order valence-electron chi connectivity index (χ3n) is 5.10. The smallest absolute Gasteiger partial charge is 0.312 e. The van der Waals surface area contributed by atoms with Crippen LogP contribution in [-0.2, 0) is 25.6 Å². The summed E-state index contributed by atoms with van der Waals surface area (Å²) in [6.07, 6.45) is 0. The van der Waals surface area contributed by atoms with Crippen molar-refractivity contribution in [1.82, 2.24) is 14.7 Å². The van der Waals surface area contributed by atoms with E-state index in [2.05, 4.69) is 4.90 Å². The van der Waals surface area contributed by atoms with Gasteiger partial charge in [-0.25, -0.2) is 0 Å². The number of piperazine rings is 1.